The summed E-state index contributed by atoms with van der Waals surface area (Å²) in [5.74, 6) is 0.430. The van der Waals surface area contributed by atoms with Gasteiger partial charge in [0.25, 0.3) is 0 Å². The van der Waals surface area contributed by atoms with E-state index in [0.717, 1.165) is 24.1 Å². The Kier molecular flexibility index (Phi) is 3.74. The highest BCUT2D eigenvalue weighted by Gasteiger charge is 2.13. The number of nitrogens with zero attached hydrogens (tertiary/aromatic N) is 2. The maximum Gasteiger partial charge on any atom is 0.152 e. The lowest BCUT2D eigenvalue weighted by Gasteiger charge is -2.10. The maximum atomic E-state index is 13.3. The van der Waals surface area contributed by atoms with Gasteiger partial charge in [0.1, 0.15) is 5.82 Å². The Morgan fingerprint density at radius 1 is 1.42 bits per heavy atom. The number of nitrogens with one attached hydrogen (secondary N) is 1. The van der Waals surface area contributed by atoms with Crippen molar-refractivity contribution in [3.8, 4) is 0 Å². The van der Waals surface area contributed by atoms with Crippen molar-refractivity contribution in [1.29, 1.82) is 0 Å². The zero-order valence-corrected chi connectivity index (χ0v) is 11.5. The number of benzene rings is 1. The fraction of sp³-hybridized carbons (Fsp3) is 0.357. The number of anilines is 3. The van der Waals surface area contributed by atoms with E-state index in [4.69, 9.17) is 5.73 Å². The molecule has 0 aliphatic heterocycles. The van der Waals surface area contributed by atoms with Gasteiger partial charge in [-0.25, -0.2) is 4.39 Å². The zero-order valence-electron chi connectivity index (χ0n) is 11.5. The molecule has 3 N–H and O–H groups in total. The third-order valence-electron chi connectivity index (χ3n) is 3.10. The zero-order chi connectivity index (χ0) is 14.0. The molecule has 0 amide bonds. The fourth-order valence-electron chi connectivity index (χ4n) is 2.02. The van der Waals surface area contributed by atoms with Crippen LogP contribution >= 0.6 is 0 Å². The van der Waals surface area contributed by atoms with Crippen LogP contribution in [0.15, 0.2) is 18.2 Å². The summed E-state index contributed by atoms with van der Waals surface area (Å²) in [5, 5.41) is 7.55. The van der Waals surface area contributed by atoms with Gasteiger partial charge < -0.3 is 11.1 Å². The van der Waals surface area contributed by atoms with E-state index < -0.39 is 0 Å². The van der Waals surface area contributed by atoms with Crippen molar-refractivity contribution in [2.75, 3.05) is 11.1 Å². The fourth-order valence-corrected chi connectivity index (χ4v) is 2.02. The van der Waals surface area contributed by atoms with E-state index in [9.17, 15) is 4.39 Å². The van der Waals surface area contributed by atoms with Gasteiger partial charge in [-0.05, 0) is 31.0 Å². The Morgan fingerprint density at radius 3 is 2.84 bits per heavy atom. The van der Waals surface area contributed by atoms with Crippen molar-refractivity contribution in [1.82, 2.24) is 9.78 Å². The van der Waals surface area contributed by atoms with E-state index in [-0.39, 0.29) is 5.82 Å². The number of nitrogen functional groups attached to an aromatic ring is 1. The minimum absolute atomic E-state index is 0.275. The molecular formula is C14H19FN4. The summed E-state index contributed by atoms with van der Waals surface area (Å²) in [7, 11) is 1.83. The molecule has 0 saturated heterocycles. The average Bonchev–Trinajstić information content (AvgIpc) is 2.62. The molecule has 0 aliphatic carbocycles. The summed E-state index contributed by atoms with van der Waals surface area (Å²) in [6.45, 7) is 4.00. The Balaban J connectivity index is 2.35. The smallest absolute Gasteiger partial charge is 0.152 e. The Hall–Kier alpha value is -2.04. The lowest BCUT2D eigenvalue weighted by molar-refractivity contribution is 0.628. The molecule has 0 atom stereocenters. The van der Waals surface area contributed by atoms with Crippen LogP contribution in [0.5, 0.6) is 0 Å². The predicted molar refractivity (Wildman–Crippen MR) is 76.0 cm³/mol. The van der Waals surface area contributed by atoms with Crippen LogP contribution in [0, 0.1) is 12.7 Å². The summed E-state index contributed by atoms with van der Waals surface area (Å²) in [4.78, 5) is 0. The van der Waals surface area contributed by atoms with Gasteiger partial charge in [-0.15, -0.1) is 0 Å². The quantitative estimate of drug-likeness (QED) is 0.890. The molecule has 4 nitrogen and oxygen atoms in total. The van der Waals surface area contributed by atoms with Crippen molar-refractivity contribution < 1.29 is 4.39 Å². The molecule has 2 rings (SSSR count). The normalized spacial score (nSPS) is 10.7. The number of aromatic nitrogens is 2. The summed E-state index contributed by atoms with van der Waals surface area (Å²) < 4.78 is 15.0. The van der Waals surface area contributed by atoms with Crippen LogP contribution in [0.1, 0.15) is 24.6 Å². The van der Waals surface area contributed by atoms with Gasteiger partial charge >= 0.3 is 0 Å². The average molecular weight is 262 g/mol. The molecule has 0 aliphatic rings. The van der Waals surface area contributed by atoms with E-state index in [1.165, 1.54) is 12.1 Å². The molecule has 102 valence electrons. The molecule has 0 fully saturated rings. The molecule has 0 unspecified atom stereocenters. The lowest BCUT2D eigenvalue weighted by Crippen LogP contribution is -2.02. The standard InChI is InChI=1S/C14H19FN4/c1-4-5-11-13(16)14(19(3)18-11)17-12-8-10(15)7-6-9(12)2/h6-8,17H,4-5,16H2,1-3H3. The molecule has 2 aromatic rings. The van der Waals surface area contributed by atoms with Crippen molar-refractivity contribution in [2.45, 2.75) is 26.7 Å². The minimum atomic E-state index is -0.275. The van der Waals surface area contributed by atoms with Gasteiger partial charge in [-0.2, -0.15) is 5.10 Å². The molecule has 0 bridgehead atoms. The first kappa shape index (κ1) is 13.4. The van der Waals surface area contributed by atoms with E-state index >= 15 is 0 Å². The first-order valence-electron chi connectivity index (χ1n) is 6.37. The van der Waals surface area contributed by atoms with E-state index in [1.807, 2.05) is 14.0 Å². The molecule has 0 spiro atoms. The van der Waals surface area contributed by atoms with Crippen molar-refractivity contribution in [2.24, 2.45) is 7.05 Å². The third-order valence-corrected chi connectivity index (χ3v) is 3.10. The molecule has 19 heavy (non-hydrogen) atoms. The van der Waals surface area contributed by atoms with Crippen LogP contribution in [-0.4, -0.2) is 9.78 Å². The van der Waals surface area contributed by atoms with Crippen molar-refractivity contribution >= 4 is 17.2 Å². The first-order valence-corrected chi connectivity index (χ1v) is 6.37. The summed E-state index contributed by atoms with van der Waals surface area (Å²) in [6, 6.07) is 4.63. The van der Waals surface area contributed by atoms with Gasteiger partial charge in [0, 0.05) is 12.7 Å². The highest BCUT2D eigenvalue weighted by molar-refractivity contribution is 5.72. The number of hydrogen-bond acceptors (Lipinski definition) is 3. The second-order valence-electron chi connectivity index (χ2n) is 4.67. The van der Waals surface area contributed by atoms with Gasteiger partial charge in [0.2, 0.25) is 0 Å². The number of nitrogens with two attached hydrogens (primary N) is 1. The second kappa shape index (κ2) is 5.30. The topological polar surface area (TPSA) is 55.9 Å². The second-order valence-corrected chi connectivity index (χ2v) is 4.67. The number of aryl methyl sites for hydroxylation is 3. The first-order chi connectivity index (χ1) is 9.02. The molecule has 0 radical (unpaired) electrons. The molecule has 0 saturated carbocycles. The van der Waals surface area contributed by atoms with Gasteiger partial charge in [0.05, 0.1) is 11.4 Å². The van der Waals surface area contributed by atoms with Crippen molar-refractivity contribution in [3.05, 3.63) is 35.3 Å². The molecular weight excluding hydrogens is 243 g/mol. The number of rotatable bonds is 4. The number of halogens is 1. The van der Waals surface area contributed by atoms with E-state index in [2.05, 4.69) is 17.3 Å². The van der Waals surface area contributed by atoms with E-state index in [1.54, 1.807) is 10.7 Å². The van der Waals surface area contributed by atoms with Gasteiger partial charge in [-0.1, -0.05) is 19.4 Å². The van der Waals surface area contributed by atoms with E-state index in [0.29, 0.717) is 17.2 Å². The Morgan fingerprint density at radius 2 is 2.16 bits per heavy atom. The number of hydrogen-bond donors (Lipinski definition) is 2. The molecule has 1 heterocycles. The Labute approximate surface area is 112 Å². The molecule has 1 aromatic carbocycles. The molecule has 5 heteroatoms. The van der Waals surface area contributed by atoms with Gasteiger partial charge in [0.15, 0.2) is 5.82 Å². The van der Waals surface area contributed by atoms with Crippen LogP contribution in [0.25, 0.3) is 0 Å². The van der Waals surface area contributed by atoms with Crippen LogP contribution in [-0.2, 0) is 13.5 Å². The Bertz CT molecular complexity index is 589. The van der Waals surface area contributed by atoms with Crippen molar-refractivity contribution in [3.63, 3.8) is 0 Å². The summed E-state index contributed by atoms with van der Waals surface area (Å²) >= 11 is 0. The maximum absolute atomic E-state index is 13.3. The highest BCUT2D eigenvalue weighted by Crippen LogP contribution is 2.28. The van der Waals surface area contributed by atoms with Crippen LogP contribution in [0.3, 0.4) is 0 Å². The highest BCUT2D eigenvalue weighted by atomic mass is 19.1. The predicted octanol–water partition coefficient (Wildman–Crippen LogP) is 3.15. The lowest BCUT2D eigenvalue weighted by atomic mass is 10.2. The van der Waals surface area contributed by atoms with Crippen LogP contribution in [0.4, 0.5) is 21.6 Å². The van der Waals surface area contributed by atoms with Crippen LogP contribution < -0.4 is 11.1 Å². The van der Waals surface area contributed by atoms with Crippen LogP contribution in [0.2, 0.25) is 0 Å². The third kappa shape index (κ3) is 2.70. The molecule has 1 aromatic heterocycles. The van der Waals surface area contributed by atoms with Gasteiger partial charge in [-0.3, -0.25) is 4.68 Å². The summed E-state index contributed by atoms with van der Waals surface area (Å²) in [6.07, 6.45) is 1.82. The SMILES string of the molecule is CCCc1nn(C)c(Nc2cc(F)ccc2C)c1N. The summed E-state index contributed by atoms with van der Waals surface area (Å²) in [5.41, 5.74) is 9.26. The minimum Gasteiger partial charge on any atom is -0.394 e. The monoisotopic (exact) mass is 262 g/mol. The largest absolute Gasteiger partial charge is 0.394 e.